The van der Waals surface area contributed by atoms with Gasteiger partial charge in [-0.1, -0.05) is 0 Å². The third-order valence-electron chi connectivity index (χ3n) is 3.45. The van der Waals surface area contributed by atoms with Gasteiger partial charge in [-0.15, -0.1) is 0 Å². The quantitative estimate of drug-likeness (QED) is 0.225. The lowest BCUT2D eigenvalue weighted by Gasteiger charge is -2.41. The second-order valence-electron chi connectivity index (χ2n) is 5.16. The van der Waals surface area contributed by atoms with Crippen molar-refractivity contribution in [2.45, 2.75) is 62.0 Å². The van der Waals surface area contributed by atoms with E-state index in [1.54, 1.807) is 0 Å². The monoisotopic (exact) mass is 326 g/mol. The summed E-state index contributed by atoms with van der Waals surface area (Å²) in [5.41, 5.74) is 0. The van der Waals surface area contributed by atoms with Gasteiger partial charge in [0.05, 0.1) is 12.7 Å². The van der Waals surface area contributed by atoms with E-state index in [4.69, 9.17) is 14.6 Å². The van der Waals surface area contributed by atoms with Crippen molar-refractivity contribution < 1.29 is 50.0 Å². The van der Waals surface area contributed by atoms with Crippen LogP contribution in [0.1, 0.15) is 6.92 Å². The minimum atomic E-state index is -1.84. The summed E-state index contributed by atoms with van der Waals surface area (Å²) < 4.78 is 10.1. The number of carbonyl (C=O) groups excluding carboxylic acids is 1. The molecule has 0 aromatic carbocycles. The summed E-state index contributed by atoms with van der Waals surface area (Å²) in [6.45, 7) is 0.497. The van der Waals surface area contributed by atoms with E-state index in [0.717, 1.165) is 0 Å². The van der Waals surface area contributed by atoms with Gasteiger partial charge in [0.1, 0.15) is 42.7 Å². The van der Waals surface area contributed by atoms with Gasteiger partial charge in [-0.05, 0) is 6.92 Å². The Balaban J connectivity index is 2.89. The largest absolute Gasteiger partial charge is 0.394 e. The molecule has 4 unspecified atom stereocenters. The summed E-state index contributed by atoms with van der Waals surface area (Å²) in [7, 11) is 0. The molecule has 1 aliphatic heterocycles. The fourth-order valence-electron chi connectivity index (χ4n) is 2.05. The van der Waals surface area contributed by atoms with E-state index in [1.807, 2.05) is 0 Å². The number of aliphatic hydroxyl groups is 7. The third kappa shape index (κ3) is 4.19. The molecule has 0 spiro atoms. The van der Waals surface area contributed by atoms with E-state index in [-0.39, 0.29) is 6.29 Å². The minimum absolute atomic E-state index is 0.0558. The average molecular weight is 326 g/mol. The molecule has 0 aromatic heterocycles. The zero-order valence-electron chi connectivity index (χ0n) is 11.8. The van der Waals surface area contributed by atoms with Crippen LogP contribution in [0.25, 0.3) is 0 Å². The predicted molar refractivity (Wildman–Crippen MR) is 68.4 cm³/mol. The number of ether oxygens (including phenoxy) is 2. The van der Waals surface area contributed by atoms with Gasteiger partial charge >= 0.3 is 0 Å². The highest BCUT2D eigenvalue weighted by Gasteiger charge is 2.46. The first-order valence-electron chi connectivity index (χ1n) is 6.70. The van der Waals surface area contributed by atoms with Crippen LogP contribution >= 0.6 is 0 Å². The Kier molecular flexibility index (Phi) is 7.25. The number of hydrogen-bond donors (Lipinski definition) is 7. The van der Waals surface area contributed by atoms with E-state index in [9.17, 15) is 35.4 Å². The van der Waals surface area contributed by atoms with E-state index in [2.05, 4.69) is 0 Å². The van der Waals surface area contributed by atoms with Gasteiger partial charge in [-0.3, -0.25) is 0 Å². The zero-order chi connectivity index (χ0) is 17.0. The highest BCUT2D eigenvalue weighted by atomic mass is 16.7. The average Bonchev–Trinajstić information content (AvgIpc) is 2.50. The number of aliphatic hydroxyl groups excluding tert-OH is 7. The van der Waals surface area contributed by atoms with Gasteiger partial charge < -0.3 is 50.0 Å². The molecular formula is C12H22O10. The molecule has 0 aliphatic carbocycles. The van der Waals surface area contributed by atoms with Gasteiger partial charge in [0.15, 0.2) is 12.6 Å². The molecule has 0 aromatic rings. The Bertz CT molecular complexity index is 349. The van der Waals surface area contributed by atoms with E-state index in [1.165, 1.54) is 6.92 Å². The second kappa shape index (κ2) is 8.24. The van der Waals surface area contributed by atoms with Crippen molar-refractivity contribution in [1.29, 1.82) is 0 Å². The first-order chi connectivity index (χ1) is 10.2. The van der Waals surface area contributed by atoms with Crippen molar-refractivity contribution in [3.05, 3.63) is 0 Å². The molecule has 0 saturated carbocycles. The molecule has 1 fully saturated rings. The molecule has 1 aliphatic rings. The third-order valence-corrected chi connectivity index (χ3v) is 3.45. The van der Waals surface area contributed by atoms with Crippen molar-refractivity contribution in [3.8, 4) is 0 Å². The maximum atomic E-state index is 10.7. The fraction of sp³-hybridized carbons (Fsp3) is 0.917. The molecule has 0 amide bonds. The highest BCUT2D eigenvalue weighted by Crippen LogP contribution is 2.24. The van der Waals surface area contributed by atoms with Crippen LogP contribution in [0, 0.1) is 0 Å². The summed E-state index contributed by atoms with van der Waals surface area (Å²) >= 11 is 0. The summed E-state index contributed by atoms with van der Waals surface area (Å²) in [4.78, 5) is 10.7. The van der Waals surface area contributed by atoms with Gasteiger partial charge in [0.25, 0.3) is 0 Å². The molecule has 0 radical (unpaired) electrons. The number of hydrogen-bond acceptors (Lipinski definition) is 10. The Hall–Kier alpha value is -0.690. The van der Waals surface area contributed by atoms with Crippen LogP contribution in [0.4, 0.5) is 0 Å². The predicted octanol–water partition coefficient (Wildman–Crippen LogP) is -4.53. The summed E-state index contributed by atoms with van der Waals surface area (Å²) in [6, 6.07) is 0. The van der Waals surface area contributed by atoms with Crippen LogP contribution in [0.5, 0.6) is 0 Å². The Morgan fingerprint density at radius 3 is 2.18 bits per heavy atom. The van der Waals surface area contributed by atoms with Crippen molar-refractivity contribution in [3.63, 3.8) is 0 Å². The van der Waals surface area contributed by atoms with E-state index < -0.39 is 61.7 Å². The molecular weight excluding hydrogens is 304 g/mol. The Labute approximate surface area is 126 Å². The molecule has 1 heterocycles. The maximum absolute atomic E-state index is 10.7. The molecule has 130 valence electrons. The van der Waals surface area contributed by atoms with Crippen molar-refractivity contribution in [2.75, 3.05) is 6.61 Å². The number of aldehydes is 1. The molecule has 10 nitrogen and oxygen atoms in total. The van der Waals surface area contributed by atoms with Gasteiger partial charge in [-0.2, -0.15) is 0 Å². The van der Waals surface area contributed by atoms with E-state index in [0.29, 0.717) is 0 Å². The molecule has 22 heavy (non-hydrogen) atoms. The molecule has 0 bridgehead atoms. The van der Waals surface area contributed by atoms with Crippen LogP contribution in [0.2, 0.25) is 0 Å². The van der Waals surface area contributed by atoms with Crippen molar-refractivity contribution in [2.24, 2.45) is 0 Å². The molecule has 1 rings (SSSR count). The topological polar surface area (TPSA) is 177 Å². The second-order valence-corrected chi connectivity index (χ2v) is 5.16. The van der Waals surface area contributed by atoms with Crippen molar-refractivity contribution in [1.82, 2.24) is 0 Å². The summed E-state index contributed by atoms with van der Waals surface area (Å²) in [5, 5.41) is 66.7. The van der Waals surface area contributed by atoms with Gasteiger partial charge in [-0.25, -0.2) is 0 Å². The maximum Gasteiger partial charge on any atom is 0.187 e. The summed E-state index contributed by atoms with van der Waals surface area (Å²) in [5.74, 6) is 0. The Morgan fingerprint density at radius 1 is 1.14 bits per heavy atom. The van der Waals surface area contributed by atoms with Crippen LogP contribution < -0.4 is 0 Å². The van der Waals surface area contributed by atoms with Gasteiger partial charge in [0, 0.05) is 0 Å². The lowest BCUT2D eigenvalue weighted by molar-refractivity contribution is -0.324. The lowest BCUT2D eigenvalue weighted by Crippen LogP contribution is -2.61. The zero-order valence-corrected chi connectivity index (χ0v) is 11.8. The fourth-order valence-corrected chi connectivity index (χ4v) is 2.05. The summed E-state index contributed by atoms with van der Waals surface area (Å²) in [6.07, 6.45) is -14.5. The molecule has 1 saturated heterocycles. The SMILES string of the molecule is CC(O)C(O)C(O[C@H]1O[C@H](CO)[C@@H](O)[C@H](O)[C@H]1O)C(O)C=O. The minimum Gasteiger partial charge on any atom is -0.394 e. The van der Waals surface area contributed by atoms with Crippen LogP contribution in [0.3, 0.4) is 0 Å². The first kappa shape index (κ1) is 19.4. The van der Waals surface area contributed by atoms with Crippen LogP contribution in [-0.4, -0.2) is 104 Å². The lowest BCUT2D eigenvalue weighted by atomic mass is 9.98. The van der Waals surface area contributed by atoms with Crippen LogP contribution in [0.15, 0.2) is 0 Å². The number of rotatable bonds is 7. The van der Waals surface area contributed by atoms with Gasteiger partial charge in [0.2, 0.25) is 0 Å². The standard InChI is InChI=1S/C12H22O10/c1-4(15)7(17)11(5(16)2-13)22-12-10(20)9(19)8(18)6(3-14)21-12/h2,4-12,14-20H,3H2,1H3/t4?,5?,6-,7?,8-,9+,10-,11?,12-/m1/s1. The molecule has 7 N–H and O–H groups in total. The van der Waals surface area contributed by atoms with E-state index >= 15 is 0 Å². The molecule has 9 atom stereocenters. The Morgan fingerprint density at radius 2 is 1.73 bits per heavy atom. The highest BCUT2D eigenvalue weighted by molar-refractivity contribution is 5.56. The smallest absolute Gasteiger partial charge is 0.187 e. The normalized spacial score (nSPS) is 38.1. The first-order valence-corrected chi connectivity index (χ1v) is 6.70. The number of carbonyl (C=O) groups is 1. The molecule has 10 heteroatoms. The van der Waals surface area contributed by atoms with Crippen molar-refractivity contribution >= 4 is 6.29 Å². The van der Waals surface area contributed by atoms with Crippen LogP contribution in [-0.2, 0) is 14.3 Å².